The predicted octanol–water partition coefficient (Wildman–Crippen LogP) is 3.04. The fraction of sp³-hybridized carbons (Fsp3) is 0.263. The normalized spacial score (nSPS) is 16.0. The van der Waals surface area contributed by atoms with Crippen LogP contribution >= 0.6 is 0 Å². The Morgan fingerprint density at radius 2 is 2.08 bits per heavy atom. The molecule has 2 aromatic rings. The molecule has 0 fully saturated rings. The van der Waals surface area contributed by atoms with Crippen LogP contribution in [0.15, 0.2) is 42.5 Å². The average molecular weight is 341 g/mol. The van der Waals surface area contributed by atoms with Crippen molar-refractivity contribution in [3.8, 4) is 5.75 Å². The molecular weight excluding hydrogens is 322 g/mol. The van der Waals surface area contributed by atoms with Crippen LogP contribution in [0.3, 0.4) is 0 Å². The molecule has 6 nitrogen and oxygen atoms in total. The number of amides is 1. The first-order valence-electron chi connectivity index (χ1n) is 7.99. The van der Waals surface area contributed by atoms with E-state index in [9.17, 15) is 9.59 Å². The molecule has 130 valence electrons. The number of nitrogens with one attached hydrogen (secondary N) is 1. The Morgan fingerprint density at radius 3 is 2.84 bits per heavy atom. The van der Waals surface area contributed by atoms with E-state index in [2.05, 4.69) is 11.4 Å². The van der Waals surface area contributed by atoms with Gasteiger partial charge in [0.05, 0.1) is 26.2 Å². The topological polar surface area (TPSA) is 84.9 Å². The molecule has 2 aromatic carbocycles. The fourth-order valence-corrected chi connectivity index (χ4v) is 2.97. The first kappa shape index (κ1) is 17.0. The van der Waals surface area contributed by atoms with E-state index in [1.807, 2.05) is 18.2 Å². The van der Waals surface area contributed by atoms with E-state index in [1.165, 1.54) is 24.8 Å². The van der Waals surface area contributed by atoms with Gasteiger partial charge in [-0.2, -0.15) is 0 Å². The van der Waals surface area contributed by atoms with Crippen LogP contribution in [0.5, 0.6) is 5.75 Å². The van der Waals surface area contributed by atoms with Crippen molar-refractivity contribution >= 4 is 17.6 Å². The predicted molar refractivity (Wildman–Crippen MR) is 92.0 cm³/mol. The number of carboxylic acid groups (broad SMARTS) is 1. The van der Waals surface area contributed by atoms with Gasteiger partial charge in [-0.05, 0) is 29.7 Å². The maximum Gasteiger partial charge on any atom is 0.339 e. The lowest BCUT2D eigenvalue weighted by atomic mass is 9.95. The molecule has 1 heterocycles. The number of rotatable bonds is 5. The lowest BCUT2D eigenvalue weighted by Gasteiger charge is -2.25. The second-order valence-electron chi connectivity index (χ2n) is 5.78. The first-order valence-corrected chi connectivity index (χ1v) is 7.99. The maximum absolute atomic E-state index is 12.4. The van der Waals surface area contributed by atoms with E-state index < -0.39 is 5.97 Å². The lowest BCUT2D eigenvalue weighted by Crippen LogP contribution is -2.22. The minimum Gasteiger partial charge on any atom is -0.496 e. The summed E-state index contributed by atoms with van der Waals surface area (Å²) >= 11 is 0. The van der Waals surface area contributed by atoms with E-state index in [0.29, 0.717) is 12.3 Å². The van der Waals surface area contributed by atoms with Crippen LogP contribution in [0.1, 0.15) is 34.0 Å². The van der Waals surface area contributed by atoms with Gasteiger partial charge in [-0.3, -0.25) is 4.79 Å². The van der Waals surface area contributed by atoms with Crippen molar-refractivity contribution in [3.05, 3.63) is 59.2 Å². The number of carbonyl (C=O) groups is 2. The number of aromatic carboxylic acids is 1. The SMILES string of the molecule is COc1cc(NC(=O)C[C@@H]2OCCc3ccccc32)ccc1C(=O)O. The van der Waals surface area contributed by atoms with Crippen molar-refractivity contribution in [2.75, 3.05) is 19.0 Å². The number of methoxy groups -OCH3 is 1. The molecule has 6 heteroatoms. The second kappa shape index (κ2) is 7.36. The maximum atomic E-state index is 12.4. The Balaban J connectivity index is 1.70. The summed E-state index contributed by atoms with van der Waals surface area (Å²) in [5.41, 5.74) is 2.78. The van der Waals surface area contributed by atoms with Crippen LogP contribution in [-0.2, 0) is 16.0 Å². The van der Waals surface area contributed by atoms with E-state index in [4.69, 9.17) is 14.6 Å². The monoisotopic (exact) mass is 341 g/mol. The highest BCUT2D eigenvalue weighted by Gasteiger charge is 2.23. The number of fused-ring (bicyclic) bond motifs is 1. The zero-order valence-corrected chi connectivity index (χ0v) is 13.8. The van der Waals surface area contributed by atoms with Crippen LogP contribution < -0.4 is 10.1 Å². The minimum absolute atomic E-state index is 0.0463. The van der Waals surface area contributed by atoms with Crippen molar-refractivity contribution < 1.29 is 24.2 Å². The quantitative estimate of drug-likeness (QED) is 0.873. The summed E-state index contributed by atoms with van der Waals surface area (Å²) in [5.74, 6) is -1.08. The van der Waals surface area contributed by atoms with Crippen molar-refractivity contribution in [1.29, 1.82) is 0 Å². The number of ether oxygens (including phenoxy) is 2. The van der Waals surface area contributed by atoms with Crippen molar-refractivity contribution in [1.82, 2.24) is 0 Å². The molecule has 1 aliphatic rings. The summed E-state index contributed by atoms with van der Waals surface area (Å²) in [4.78, 5) is 23.5. The van der Waals surface area contributed by atoms with Crippen LogP contribution in [-0.4, -0.2) is 30.7 Å². The third-order valence-corrected chi connectivity index (χ3v) is 4.18. The molecule has 25 heavy (non-hydrogen) atoms. The van der Waals surface area contributed by atoms with Gasteiger partial charge in [-0.25, -0.2) is 4.79 Å². The molecule has 3 rings (SSSR count). The molecule has 0 unspecified atom stereocenters. The molecular formula is C19H19NO5. The number of hydrogen-bond acceptors (Lipinski definition) is 4. The van der Waals surface area contributed by atoms with Crippen LogP contribution in [0.25, 0.3) is 0 Å². The van der Waals surface area contributed by atoms with Crippen molar-refractivity contribution in [2.45, 2.75) is 18.9 Å². The van der Waals surface area contributed by atoms with Gasteiger partial charge in [0.15, 0.2) is 0 Å². The second-order valence-corrected chi connectivity index (χ2v) is 5.78. The zero-order chi connectivity index (χ0) is 17.8. The van der Waals surface area contributed by atoms with Gasteiger partial charge in [-0.15, -0.1) is 0 Å². The molecule has 0 saturated carbocycles. The van der Waals surface area contributed by atoms with Crippen molar-refractivity contribution in [3.63, 3.8) is 0 Å². The Labute approximate surface area is 145 Å². The molecule has 0 bridgehead atoms. The molecule has 0 radical (unpaired) electrons. The Morgan fingerprint density at radius 1 is 1.28 bits per heavy atom. The molecule has 0 aliphatic carbocycles. The van der Waals surface area contributed by atoms with E-state index in [0.717, 1.165) is 12.0 Å². The number of carbonyl (C=O) groups excluding carboxylic acids is 1. The van der Waals surface area contributed by atoms with Gasteiger partial charge in [0, 0.05) is 11.8 Å². The highest BCUT2D eigenvalue weighted by Crippen LogP contribution is 2.30. The lowest BCUT2D eigenvalue weighted by molar-refractivity contribution is -0.119. The summed E-state index contributed by atoms with van der Waals surface area (Å²) < 4.78 is 10.8. The summed E-state index contributed by atoms with van der Waals surface area (Å²) in [6.45, 7) is 0.593. The van der Waals surface area contributed by atoms with Gasteiger partial charge in [0.25, 0.3) is 0 Å². The summed E-state index contributed by atoms with van der Waals surface area (Å²) in [6.07, 6.45) is 0.771. The third kappa shape index (κ3) is 3.80. The molecule has 1 atom stereocenters. The van der Waals surface area contributed by atoms with Gasteiger partial charge < -0.3 is 19.9 Å². The third-order valence-electron chi connectivity index (χ3n) is 4.18. The number of hydrogen-bond donors (Lipinski definition) is 2. The standard InChI is InChI=1S/C19H19NO5/c1-24-16-10-13(6-7-15(16)19(22)23)20-18(21)11-17-14-5-3-2-4-12(14)8-9-25-17/h2-7,10,17H,8-9,11H2,1H3,(H,20,21)(H,22,23)/t17-/m0/s1. The first-order chi connectivity index (χ1) is 12.1. The van der Waals surface area contributed by atoms with Gasteiger partial charge in [0.1, 0.15) is 11.3 Å². The van der Waals surface area contributed by atoms with Crippen LogP contribution in [0.4, 0.5) is 5.69 Å². The Hall–Kier alpha value is -2.86. The zero-order valence-electron chi connectivity index (χ0n) is 13.8. The summed E-state index contributed by atoms with van der Waals surface area (Å²) in [7, 11) is 1.39. The molecule has 0 spiro atoms. The highest BCUT2D eigenvalue weighted by atomic mass is 16.5. The van der Waals surface area contributed by atoms with Gasteiger partial charge in [0.2, 0.25) is 5.91 Å². The van der Waals surface area contributed by atoms with Crippen LogP contribution in [0, 0.1) is 0 Å². The van der Waals surface area contributed by atoms with Crippen molar-refractivity contribution in [2.24, 2.45) is 0 Å². The number of anilines is 1. The molecule has 2 N–H and O–H groups in total. The van der Waals surface area contributed by atoms with E-state index in [1.54, 1.807) is 6.07 Å². The summed E-state index contributed by atoms with van der Waals surface area (Å²) in [5, 5.41) is 11.9. The molecule has 0 saturated heterocycles. The minimum atomic E-state index is -1.08. The Kier molecular flexibility index (Phi) is 5.00. The largest absolute Gasteiger partial charge is 0.496 e. The molecule has 0 aromatic heterocycles. The fourth-order valence-electron chi connectivity index (χ4n) is 2.97. The number of benzene rings is 2. The Bertz CT molecular complexity index is 802. The molecule has 1 amide bonds. The number of carboxylic acids is 1. The van der Waals surface area contributed by atoms with E-state index >= 15 is 0 Å². The van der Waals surface area contributed by atoms with Crippen LogP contribution in [0.2, 0.25) is 0 Å². The highest BCUT2D eigenvalue weighted by molar-refractivity contribution is 5.94. The average Bonchev–Trinajstić information content (AvgIpc) is 2.61. The summed E-state index contributed by atoms with van der Waals surface area (Å²) in [6, 6.07) is 12.4. The van der Waals surface area contributed by atoms with Gasteiger partial charge >= 0.3 is 5.97 Å². The van der Waals surface area contributed by atoms with Gasteiger partial charge in [-0.1, -0.05) is 24.3 Å². The smallest absolute Gasteiger partial charge is 0.339 e. The van der Waals surface area contributed by atoms with E-state index in [-0.39, 0.29) is 29.7 Å². The molecule has 1 aliphatic heterocycles.